The number of para-hydroxylation sites is 1. The van der Waals surface area contributed by atoms with E-state index in [-0.39, 0.29) is 28.0 Å². The molecule has 2 rings (SSSR count). The molecule has 0 aliphatic heterocycles. The standard InChI is InChI=1S/C12H13N5O6S/c1-22-10-13-9(14-11(16-10)23-2)15-12(18)17(24(19,20)21)8-6-4-3-5-7-8/h3-7H,1-2H3,(H,19,20,21)(H,13,14,15,16,18). The van der Waals surface area contributed by atoms with Crippen LogP contribution in [0.4, 0.5) is 16.4 Å². The lowest BCUT2D eigenvalue weighted by Crippen LogP contribution is -2.40. The van der Waals surface area contributed by atoms with Gasteiger partial charge < -0.3 is 9.47 Å². The molecule has 0 saturated carbocycles. The van der Waals surface area contributed by atoms with Crippen LogP contribution in [-0.4, -0.2) is 48.2 Å². The van der Waals surface area contributed by atoms with Gasteiger partial charge in [0.25, 0.3) is 0 Å². The minimum absolute atomic E-state index is 0.0783. The van der Waals surface area contributed by atoms with E-state index in [0.29, 0.717) is 0 Å². The van der Waals surface area contributed by atoms with Gasteiger partial charge in [-0.2, -0.15) is 22.7 Å². The summed E-state index contributed by atoms with van der Waals surface area (Å²) in [6.45, 7) is 0. The third-order valence-electron chi connectivity index (χ3n) is 2.58. The number of carbonyl (C=O) groups is 1. The van der Waals surface area contributed by atoms with Crippen LogP contribution in [0.15, 0.2) is 30.3 Å². The van der Waals surface area contributed by atoms with Gasteiger partial charge in [-0.05, 0) is 12.1 Å². The van der Waals surface area contributed by atoms with Crippen LogP contribution in [0.2, 0.25) is 0 Å². The Morgan fingerprint density at radius 3 is 2.08 bits per heavy atom. The van der Waals surface area contributed by atoms with E-state index in [4.69, 9.17) is 9.47 Å². The van der Waals surface area contributed by atoms with Gasteiger partial charge in [0.2, 0.25) is 5.95 Å². The van der Waals surface area contributed by atoms with E-state index in [1.165, 1.54) is 38.5 Å². The first-order valence-electron chi connectivity index (χ1n) is 6.33. The zero-order valence-electron chi connectivity index (χ0n) is 12.6. The van der Waals surface area contributed by atoms with Crippen LogP contribution in [-0.2, 0) is 10.3 Å². The fourth-order valence-corrected chi connectivity index (χ4v) is 2.28. The monoisotopic (exact) mass is 355 g/mol. The summed E-state index contributed by atoms with van der Waals surface area (Å²) in [5.41, 5.74) is -0.0783. The maximum absolute atomic E-state index is 12.3. The summed E-state index contributed by atoms with van der Waals surface area (Å²) >= 11 is 0. The van der Waals surface area contributed by atoms with Gasteiger partial charge >= 0.3 is 28.4 Å². The van der Waals surface area contributed by atoms with Crippen molar-refractivity contribution in [3.8, 4) is 12.0 Å². The average molecular weight is 355 g/mol. The SMILES string of the molecule is COc1nc(NC(=O)N(c2ccccc2)S(=O)(=O)O)nc(OC)n1. The summed E-state index contributed by atoms with van der Waals surface area (Å²) in [6, 6.07) is 5.73. The van der Waals surface area contributed by atoms with E-state index < -0.39 is 16.3 Å². The average Bonchev–Trinajstić information content (AvgIpc) is 2.54. The third kappa shape index (κ3) is 4.05. The van der Waals surface area contributed by atoms with Gasteiger partial charge in [-0.15, -0.1) is 4.98 Å². The molecule has 2 aromatic rings. The molecular weight excluding hydrogens is 342 g/mol. The Hall–Kier alpha value is -2.99. The Kier molecular flexibility index (Phi) is 5.11. The fraction of sp³-hybridized carbons (Fsp3) is 0.167. The van der Waals surface area contributed by atoms with E-state index in [2.05, 4.69) is 20.3 Å². The number of aromatic nitrogens is 3. The summed E-state index contributed by atoms with van der Waals surface area (Å²) in [7, 11) is -2.31. The van der Waals surface area contributed by atoms with Crippen LogP contribution in [0.1, 0.15) is 0 Å². The summed E-state index contributed by atoms with van der Waals surface area (Å²) < 4.78 is 42.2. The number of carbonyl (C=O) groups excluding carboxylic acids is 1. The minimum atomic E-state index is -4.88. The van der Waals surface area contributed by atoms with Gasteiger partial charge in [-0.25, -0.2) is 4.79 Å². The van der Waals surface area contributed by atoms with E-state index in [1.54, 1.807) is 6.07 Å². The van der Waals surface area contributed by atoms with E-state index in [0.717, 1.165) is 0 Å². The normalized spacial score (nSPS) is 10.8. The smallest absolute Gasteiger partial charge is 0.368 e. The van der Waals surface area contributed by atoms with Crippen molar-refractivity contribution in [2.24, 2.45) is 0 Å². The molecule has 1 heterocycles. The summed E-state index contributed by atoms with van der Waals surface area (Å²) in [4.78, 5) is 23.5. The molecule has 0 atom stereocenters. The highest BCUT2D eigenvalue weighted by molar-refractivity contribution is 7.88. The molecule has 2 amide bonds. The maximum Gasteiger partial charge on any atom is 0.368 e. The number of amides is 2. The Bertz CT molecular complexity index is 807. The van der Waals surface area contributed by atoms with Crippen LogP contribution in [0.25, 0.3) is 0 Å². The Morgan fingerprint density at radius 2 is 1.62 bits per heavy atom. The summed E-state index contributed by atoms with van der Waals surface area (Å²) in [6.07, 6.45) is 0. The molecule has 0 bridgehead atoms. The number of hydrogen-bond donors (Lipinski definition) is 2. The molecule has 0 unspecified atom stereocenters. The molecule has 0 aliphatic carbocycles. The number of urea groups is 1. The molecule has 0 radical (unpaired) electrons. The number of benzene rings is 1. The third-order valence-corrected chi connectivity index (χ3v) is 3.42. The van der Waals surface area contributed by atoms with Crippen molar-refractivity contribution in [2.75, 3.05) is 23.8 Å². The second kappa shape index (κ2) is 7.06. The fourth-order valence-electron chi connectivity index (χ4n) is 1.64. The predicted octanol–water partition coefficient (Wildman–Crippen LogP) is 0.730. The van der Waals surface area contributed by atoms with Crippen molar-refractivity contribution < 1.29 is 27.2 Å². The Balaban J connectivity index is 2.35. The lowest BCUT2D eigenvalue weighted by molar-refractivity contribution is 0.259. The van der Waals surface area contributed by atoms with Gasteiger partial charge in [0, 0.05) is 0 Å². The van der Waals surface area contributed by atoms with Gasteiger partial charge in [0.1, 0.15) is 0 Å². The molecule has 0 aliphatic rings. The van der Waals surface area contributed by atoms with Crippen molar-refractivity contribution in [1.82, 2.24) is 15.0 Å². The minimum Gasteiger partial charge on any atom is -0.467 e. The van der Waals surface area contributed by atoms with Crippen LogP contribution in [0.3, 0.4) is 0 Å². The van der Waals surface area contributed by atoms with Gasteiger partial charge in [0.05, 0.1) is 19.9 Å². The highest BCUT2D eigenvalue weighted by Gasteiger charge is 2.28. The first-order valence-corrected chi connectivity index (χ1v) is 7.72. The molecule has 0 saturated heterocycles. The van der Waals surface area contributed by atoms with Crippen molar-refractivity contribution in [1.29, 1.82) is 0 Å². The molecule has 24 heavy (non-hydrogen) atoms. The zero-order chi connectivity index (χ0) is 17.7. The zero-order valence-corrected chi connectivity index (χ0v) is 13.4. The molecule has 0 fully saturated rings. The van der Waals surface area contributed by atoms with Crippen LogP contribution < -0.4 is 19.1 Å². The van der Waals surface area contributed by atoms with Gasteiger partial charge in [-0.3, -0.25) is 9.87 Å². The van der Waals surface area contributed by atoms with E-state index in [1.807, 2.05) is 0 Å². The quantitative estimate of drug-likeness (QED) is 0.741. The summed E-state index contributed by atoms with van der Waals surface area (Å²) in [5, 5.41) is 2.12. The Morgan fingerprint density at radius 1 is 1.08 bits per heavy atom. The van der Waals surface area contributed by atoms with Crippen LogP contribution in [0.5, 0.6) is 12.0 Å². The van der Waals surface area contributed by atoms with Crippen molar-refractivity contribution in [3.05, 3.63) is 30.3 Å². The molecule has 128 valence electrons. The number of anilines is 2. The number of rotatable bonds is 5. The topological polar surface area (TPSA) is 144 Å². The first-order chi connectivity index (χ1) is 11.3. The number of methoxy groups -OCH3 is 2. The summed E-state index contributed by atoms with van der Waals surface area (Å²) in [5.74, 6) is -0.326. The van der Waals surface area contributed by atoms with E-state index in [9.17, 15) is 17.8 Å². The second-order valence-corrected chi connectivity index (χ2v) is 5.40. The van der Waals surface area contributed by atoms with Crippen LogP contribution >= 0.6 is 0 Å². The van der Waals surface area contributed by atoms with Crippen molar-refractivity contribution in [3.63, 3.8) is 0 Å². The largest absolute Gasteiger partial charge is 0.467 e. The molecule has 12 heteroatoms. The number of ether oxygens (including phenoxy) is 2. The molecule has 11 nitrogen and oxygen atoms in total. The lowest BCUT2D eigenvalue weighted by atomic mass is 10.3. The number of nitrogens with one attached hydrogen (secondary N) is 1. The lowest BCUT2D eigenvalue weighted by Gasteiger charge is -2.18. The highest BCUT2D eigenvalue weighted by Crippen LogP contribution is 2.19. The highest BCUT2D eigenvalue weighted by atomic mass is 32.2. The number of hydrogen-bond acceptors (Lipinski definition) is 8. The maximum atomic E-state index is 12.3. The molecule has 2 N–H and O–H groups in total. The molecule has 0 spiro atoms. The van der Waals surface area contributed by atoms with E-state index >= 15 is 0 Å². The van der Waals surface area contributed by atoms with Crippen molar-refractivity contribution in [2.45, 2.75) is 0 Å². The first kappa shape index (κ1) is 17.4. The van der Waals surface area contributed by atoms with Gasteiger partial charge in [-0.1, -0.05) is 18.2 Å². The number of nitrogens with zero attached hydrogens (tertiary/aromatic N) is 4. The predicted molar refractivity (Wildman–Crippen MR) is 82.4 cm³/mol. The van der Waals surface area contributed by atoms with Crippen molar-refractivity contribution >= 4 is 28.0 Å². The Labute approximate surface area is 137 Å². The second-order valence-electron chi connectivity index (χ2n) is 4.14. The molecule has 1 aromatic carbocycles. The molecular formula is C12H13N5O6S. The van der Waals surface area contributed by atoms with Gasteiger partial charge in [0.15, 0.2) is 0 Å². The van der Waals surface area contributed by atoms with Crippen LogP contribution in [0, 0.1) is 0 Å². The molecule has 1 aromatic heterocycles.